The Balaban J connectivity index is 1.87. The number of esters is 1. The molecular formula is C20H22N2O5S. The molecule has 0 fully saturated rings. The molecule has 7 nitrogen and oxygen atoms in total. The van der Waals surface area contributed by atoms with Gasteiger partial charge in [0.2, 0.25) is 11.8 Å². The van der Waals surface area contributed by atoms with Gasteiger partial charge < -0.3 is 20.1 Å². The van der Waals surface area contributed by atoms with Crippen LogP contribution < -0.4 is 15.4 Å². The lowest BCUT2D eigenvalue weighted by molar-refractivity contribution is -0.114. The van der Waals surface area contributed by atoms with Gasteiger partial charge in [-0.25, -0.2) is 4.79 Å². The van der Waals surface area contributed by atoms with Gasteiger partial charge in [0.1, 0.15) is 5.75 Å². The van der Waals surface area contributed by atoms with Gasteiger partial charge in [-0.2, -0.15) is 0 Å². The third kappa shape index (κ3) is 6.31. The number of rotatable bonds is 8. The highest BCUT2D eigenvalue weighted by molar-refractivity contribution is 8.00. The van der Waals surface area contributed by atoms with E-state index in [1.165, 1.54) is 32.0 Å². The van der Waals surface area contributed by atoms with Crippen LogP contribution in [0, 0.1) is 6.92 Å². The van der Waals surface area contributed by atoms with Crippen LogP contribution in [0.2, 0.25) is 0 Å². The van der Waals surface area contributed by atoms with Crippen molar-refractivity contribution in [1.82, 2.24) is 0 Å². The average Bonchev–Trinajstić information content (AvgIpc) is 2.67. The van der Waals surface area contributed by atoms with E-state index in [1.54, 1.807) is 18.2 Å². The molecule has 0 spiro atoms. The predicted molar refractivity (Wildman–Crippen MR) is 110 cm³/mol. The highest BCUT2D eigenvalue weighted by Gasteiger charge is 2.15. The molecule has 2 N–H and O–H groups in total. The lowest BCUT2D eigenvalue weighted by Gasteiger charge is -2.11. The number of methoxy groups -OCH3 is 2. The molecule has 0 aromatic heterocycles. The molecule has 2 amide bonds. The summed E-state index contributed by atoms with van der Waals surface area (Å²) in [4.78, 5) is 36.0. The summed E-state index contributed by atoms with van der Waals surface area (Å²) in [7, 11) is 2.74. The zero-order valence-electron chi connectivity index (χ0n) is 15.9. The molecule has 0 heterocycles. The minimum atomic E-state index is -0.584. The zero-order valence-corrected chi connectivity index (χ0v) is 16.7. The molecule has 0 bridgehead atoms. The summed E-state index contributed by atoms with van der Waals surface area (Å²) in [6.45, 7) is 1.94. The number of ether oxygens (including phenoxy) is 2. The Morgan fingerprint density at radius 2 is 1.68 bits per heavy atom. The molecule has 2 aromatic carbocycles. The maximum atomic E-state index is 12.2. The van der Waals surface area contributed by atoms with E-state index in [4.69, 9.17) is 9.47 Å². The SMILES string of the molecule is COC(=O)c1cc(OC)ccc1NC(=O)CSCC(=O)Nc1cccc(C)c1. The van der Waals surface area contributed by atoms with Crippen molar-refractivity contribution >= 4 is 40.9 Å². The van der Waals surface area contributed by atoms with Crippen LogP contribution in [-0.2, 0) is 14.3 Å². The number of carbonyl (C=O) groups excluding carboxylic acids is 3. The summed E-state index contributed by atoms with van der Waals surface area (Å²) in [6.07, 6.45) is 0. The molecule has 148 valence electrons. The molecule has 0 unspecified atom stereocenters. The van der Waals surface area contributed by atoms with Crippen molar-refractivity contribution in [2.45, 2.75) is 6.92 Å². The van der Waals surface area contributed by atoms with E-state index in [-0.39, 0.29) is 28.9 Å². The number of hydrogen-bond donors (Lipinski definition) is 2. The summed E-state index contributed by atoms with van der Waals surface area (Å²) in [5.74, 6) is -0.436. The maximum Gasteiger partial charge on any atom is 0.340 e. The fourth-order valence-electron chi connectivity index (χ4n) is 2.38. The first-order valence-electron chi connectivity index (χ1n) is 8.43. The van der Waals surface area contributed by atoms with Crippen LogP contribution in [0.15, 0.2) is 42.5 Å². The zero-order chi connectivity index (χ0) is 20.5. The minimum absolute atomic E-state index is 0.0634. The fraction of sp³-hybridized carbons (Fsp3) is 0.250. The Hall–Kier alpha value is -3.00. The van der Waals surface area contributed by atoms with Crippen molar-refractivity contribution < 1.29 is 23.9 Å². The second kappa shape index (κ2) is 10.4. The Morgan fingerprint density at radius 1 is 0.964 bits per heavy atom. The molecule has 0 saturated heterocycles. The van der Waals surface area contributed by atoms with Crippen molar-refractivity contribution in [1.29, 1.82) is 0 Å². The number of thioether (sulfide) groups is 1. The first-order valence-corrected chi connectivity index (χ1v) is 9.59. The maximum absolute atomic E-state index is 12.2. The van der Waals surface area contributed by atoms with Crippen molar-refractivity contribution in [3.63, 3.8) is 0 Å². The Kier molecular flexibility index (Phi) is 7.88. The quantitative estimate of drug-likeness (QED) is 0.659. The van der Waals surface area contributed by atoms with Gasteiger partial charge in [-0.1, -0.05) is 12.1 Å². The van der Waals surface area contributed by atoms with Gasteiger partial charge in [-0.15, -0.1) is 11.8 Å². The van der Waals surface area contributed by atoms with Crippen LogP contribution >= 0.6 is 11.8 Å². The number of hydrogen-bond acceptors (Lipinski definition) is 6. The van der Waals surface area contributed by atoms with Crippen LogP contribution in [0.25, 0.3) is 0 Å². The van der Waals surface area contributed by atoms with E-state index >= 15 is 0 Å². The number of nitrogens with one attached hydrogen (secondary N) is 2. The van der Waals surface area contributed by atoms with Gasteiger partial charge in [-0.05, 0) is 42.8 Å². The van der Waals surface area contributed by atoms with Crippen molar-refractivity contribution in [3.05, 3.63) is 53.6 Å². The predicted octanol–water partition coefficient (Wildman–Crippen LogP) is 3.10. The van der Waals surface area contributed by atoms with E-state index in [0.29, 0.717) is 11.4 Å². The molecule has 0 aliphatic heterocycles. The third-order valence-corrected chi connectivity index (χ3v) is 4.61. The molecule has 0 saturated carbocycles. The second-order valence-electron chi connectivity index (χ2n) is 5.86. The van der Waals surface area contributed by atoms with E-state index in [1.807, 2.05) is 25.1 Å². The van der Waals surface area contributed by atoms with Gasteiger partial charge in [0.25, 0.3) is 0 Å². The molecule has 2 aromatic rings. The largest absolute Gasteiger partial charge is 0.497 e. The number of benzene rings is 2. The van der Waals surface area contributed by atoms with E-state index in [9.17, 15) is 14.4 Å². The van der Waals surface area contributed by atoms with Crippen LogP contribution in [0.3, 0.4) is 0 Å². The Labute approximate surface area is 167 Å². The standard InChI is InChI=1S/C20H22N2O5S/c1-13-5-4-6-14(9-13)21-18(23)11-28-12-19(24)22-17-8-7-15(26-2)10-16(17)20(25)27-3/h4-10H,11-12H2,1-3H3,(H,21,23)(H,22,24). The van der Waals surface area contributed by atoms with Gasteiger partial charge in [0, 0.05) is 5.69 Å². The van der Waals surface area contributed by atoms with E-state index < -0.39 is 5.97 Å². The fourth-order valence-corrected chi connectivity index (χ4v) is 3.00. The minimum Gasteiger partial charge on any atom is -0.497 e. The van der Waals surface area contributed by atoms with Gasteiger partial charge in [-0.3, -0.25) is 9.59 Å². The normalized spacial score (nSPS) is 10.1. The highest BCUT2D eigenvalue weighted by atomic mass is 32.2. The van der Waals surface area contributed by atoms with Gasteiger partial charge in [0.15, 0.2) is 0 Å². The molecule has 28 heavy (non-hydrogen) atoms. The van der Waals surface area contributed by atoms with Crippen LogP contribution in [0.5, 0.6) is 5.75 Å². The molecule has 2 rings (SSSR count). The van der Waals surface area contributed by atoms with Crippen molar-refractivity contribution in [2.75, 3.05) is 36.4 Å². The molecule has 8 heteroatoms. The lowest BCUT2D eigenvalue weighted by Crippen LogP contribution is -2.19. The van der Waals surface area contributed by atoms with Crippen molar-refractivity contribution in [3.8, 4) is 5.75 Å². The Bertz CT molecular complexity index is 869. The van der Waals surface area contributed by atoms with Gasteiger partial charge in [0.05, 0.1) is 37.0 Å². The summed E-state index contributed by atoms with van der Waals surface area (Å²) in [5.41, 5.74) is 2.28. The molecule has 0 aliphatic rings. The van der Waals surface area contributed by atoms with E-state index in [2.05, 4.69) is 10.6 Å². The molecular weight excluding hydrogens is 380 g/mol. The number of anilines is 2. The lowest BCUT2D eigenvalue weighted by atomic mass is 10.1. The number of aryl methyl sites for hydroxylation is 1. The topological polar surface area (TPSA) is 93.7 Å². The van der Waals surface area contributed by atoms with E-state index in [0.717, 1.165) is 11.3 Å². The summed E-state index contributed by atoms with van der Waals surface area (Å²) < 4.78 is 9.82. The monoisotopic (exact) mass is 402 g/mol. The molecule has 0 radical (unpaired) electrons. The average molecular weight is 402 g/mol. The molecule has 0 aliphatic carbocycles. The first-order chi connectivity index (χ1) is 13.4. The van der Waals surface area contributed by atoms with Crippen LogP contribution in [-0.4, -0.2) is 43.5 Å². The Morgan fingerprint density at radius 3 is 2.32 bits per heavy atom. The smallest absolute Gasteiger partial charge is 0.340 e. The summed E-state index contributed by atoms with van der Waals surface area (Å²) in [6, 6.07) is 12.2. The second-order valence-corrected chi connectivity index (χ2v) is 6.85. The van der Waals surface area contributed by atoms with Crippen molar-refractivity contribution in [2.24, 2.45) is 0 Å². The first kappa shape index (κ1) is 21.3. The summed E-state index contributed by atoms with van der Waals surface area (Å²) in [5, 5.41) is 5.44. The number of carbonyl (C=O) groups is 3. The summed E-state index contributed by atoms with van der Waals surface area (Å²) >= 11 is 1.17. The number of amides is 2. The van der Waals surface area contributed by atoms with Crippen LogP contribution in [0.1, 0.15) is 15.9 Å². The molecule has 0 atom stereocenters. The van der Waals surface area contributed by atoms with Crippen LogP contribution in [0.4, 0.5) is 11.4 Å². The highest BCUT2D eigenvalue weighted by Crippen LogP contribution is 2.23. The third-order valence-electron chi connectivity index (χ3n) is 3.67. The van der Waals surface area contributed by atoms with Gasteiger partial charge >= 0.3 is 5.97 Å².